The number of benzene rings is 1. The van der Waals surface area contributed by atoms with Crippen LogP contribution in [0.15, 0.2) is 29.3 Å². The van der Waals surface area contributed by atoms with E-state index < -0.39 is 0 Å². The first-order valence-electron chi connectivity index (χ1n) is 7.95. The average molecular weight is 287 g/mol. The zero-order valence-electron chi connectivity index (χ0n) is 12.7. The topological polar surface area (TPSA) is 59.6 Å². The molecule has 1 aromatic carbocycles. The van der Waals surface area contributed by atoms with Gasteiger partial charge in [0.1, 0.15) is 5.75 Å². The summed E-state index contributed by atoms with van der Waals surface area (Å²) in [7, 11) is 1.71. The van der Waals surface area contributed by atoms with Crippen LogP contribution in [0, 0.1) is 5.92 Å². The maximum absolute atomic E-state index is 5.96. The summed E-state index contributed by atoms with van der Waals surface area (Å²) >= 11 is 0. The highest BCUT2D eigenvalue weighted by Gasteiger charge is 2.30. The van der Waals surface area contributed by atoms with Gasteiger partial charge in [-0.3, -0.25) is 4.99 Å². The molecule has 0 aromatic heterocycles. The highest BCUT2D eigenvalue weighted by atomic mass is 16.5. The first-order valence-corrected chi connectivity index (χ1v) is 7.95. The predicted octanol–water partition coefficient (Wildman–Crippen LogP) is 2.65. The number of aliphatic imine (C=N–C) groups is 1. The Morgan fingerprint density at radius 3 is 2.86 bits per heavy atom. The molecular formula is C17H25N3O. The molecular weight excluding hydrogens is 262 g/mol. The van der Waals surface area contributed by atoms with Gasteiger partial charge in [-0.25, -0.2) is 0 Å². The third-order valence-corrected chi connectivity index (χ3v) is 4.80. The van der Waals surface area contributed by atoms with Crippen LogP contribution in [0.2, 0.25) is 0 Å². The van der Waals surface area contributed by atoms with E-state index in [-0.39, 0.29) is 0 Å². The van der Waals surface area contributed by atoms with Crippen molar-refractivity contribution in [1.29, 1.82) is 0 Å². The van der Waals surface area contributed by atoms with Gasteiger partial charge in [0, 0.05) is 12.6 Å². The molecule has 0 atom stereocenters. The van der Waals surface area contributed by atoms with Crippen molar-refractivity contribution in [2.75, 3.05) is 13.7 Å². The molecule has 0 aliphatic heterocycles. The zero-order chi connectivity index (χ0) is 14.7. The van der Waals surface area contributed by atoms with E-state index in [9.17, 15) is 0 Å². The van der Waals surface area contributed by atoms with Crippen molar-refractivity contribution < 1.29 is 4.74 Å². The molecule has 4 heteroatoms. The van der Waals surface area contributed by atoms with Crippen molar-refractivity contribution >= 4 is 5.96 Å². The number of methoxy groups -OCH3 is 1. The SMILES string of the molecule is COc1cccc(C2CC(NC(N)=NCC3CCC3)C2)c1. The lowest BCUT2D eigenvalue weighted by molar-refractivity contribution is 0.316. The largest absolute Gasteiger partial charge is 0.497 e. The van der Waals surface area contributed by atoms with Crippen LogP contribution in [0.4, 0.5) is 0 Å². The number of hydrogen-bond donors (Lipinski definition) is 2. The second-order valence-electron chi connectivity index (χ2n) is 6.31. The van der Waals surface area contributed by atoms with E-state index in [0.29, 0.717) is 17.9 Å². The molecule has 0 spiro atoms. The molecule has 2 saturated carbocycles. The van der Waals surface area contributed by atoms with E-state index in [1.807, 2.05) is 6.07 Å². The fraction of sp³-hybridized carbons (Fsp3) is 0.588. The molecule has 0 bridgehead atoms. The van der Waals surface area contributed by atoms with Gasteiger partial charge in [0.05, 0.1) is 7.11 Å². The minimum atomic E-state index is 0.464. The Hall–Kier alpha value is -1.71. The molecule has 114 valence electrons. The number of nitrogens with one attached hydrogen (secondary N) is 1. The molecule has 0 saturated heterocycles. The van der Waals surface area contributed by atoms with Crippen LogP contribution in [0.25, 0.3) is 0 Å². The lowest BCUT2D eigenvalue weighted by Gasteiger charge is -2.36. The molecule has 0 heterocycles. The Morgan fingerprint density at radius 1 is 1.38 bits per heavy atom. The number of hydrogen-bond acceptors (Lipinski definition) is 2. The Kier molecular flexibility index (Phi) is 4.32. The maximum Gasteiger partial charge on any atom is 0.188 e. The first-order chi connectivity index (χ1) is 10.2. The smallest absolute Gasteiger partial charge is 0.188 e. The molecule has 21 heavy (non-hydrogen) atoms. The lowest BCUT2D eigenvalue weighted by atomic mass is 9.76. The molecule has 1 aromatic rings. The van der Waals surface area contributed by atoms with Gasteiger partial charge in [-0.15, -0.1) is 0 Å². The van der Waals surface area contributed by atoms with E-state index in [1.54, 1.807) is 7.11 Å². The molecule has 3 N–H and O–H groups in total. The van der Waals surface area contributed by atoms with Crippen LogP contribution in [0.5, 0.6) is 5.75 Å². The molecule has 0 amide bonds. The summed E-state index contributed by atoms with van der Waals surface area (Å²) in [6, 6.07) is 8.82. The van der Waals surface area contributed by atoms with Gasteiger partial charge in [0.2, 0.25) is 0 Å². The minimum Gasteiger partial charge on any atom is -0.497 e. The highest BCUT2D eigenvalue weighted by molar-refractivity contribution is 5.78. The average Bonchev–Trinajstić information content (AvgIpc) is 2.40. The number of guanidine groups is 1. The molecule has 0 radical (unpaired) electrons. The molecule has 0 unspecified atom stereocenters. The lowest BCUT2D eigenvalue weighted by Crippen LogP contribution is -2.46. The summed E-state index contributed by atoms with van der Waals surface area (Å²) in [5.74, 6) is 2.94. The predicted molar refractivity (Wildman–Crippen MR) is 85.7 cm³/mol. The highest BCUT2D eigenvalue weighted by Crippen LogP contribution is 2.37. The molecule has 4 nitrogen and oxygen atoms in total. The second-order valence-corrected chi connectivity index (χ2v) is 6.31. The number of nitrogens with two attached hydrogens (primary N) is 1. The van der Waals surface area contributed by atoms with Crippen molar-refractivity contribution in [1.82, 2.24) is 5.32 Å². The second kappa shape index (κ2) is 6.37. The summed E-state index contributed by atoms with van der Waals surface area (Å²) in [5, 5.41) is 3.34. The van der Waals surface area contributed by atoms with Gasteiger partial charge in [0.15, 0.2) is 5.96 Å². The van der Waals surface area contributed by atoms with Gasteiger partial charge in [-0.1, -0.05) is 18.6 Å². The van der Waals surface area contributed by atoms with Gasteiger partial charge >= 0.3 is 0 Å². The van der Waals surface area contributed by atoms with E-state index in [1.165, 1.54) is 24.8 Å². The Balaban J connectivity index is 1.44. The maximum atomic E-state index is 5.96. The Morgan fingerprint density at radius 2 is 2.19 bits per heavy atom. The van der Waals surface area contributed by atoms with E-state index in [2.05, 4.69) is 28.5 Å². The Bertz CT molecular complexity index is 505. The summed E-state index contributed by atoms with van der Waals surface area (Å²) < 4.78 is 5.28. The van der Waals surface area contributed by atoms with Crippen LogP contribution >= 0.6 is 0 Å². The fourth-order valence-electron chi connectivity index (χ4n) is 3.06. The van der Waals surface area contributed by atoms with Crippen molar-refractivity contribution in [3.05, 3.63) is 29.8 Å². The van der Waals surface area contributed by atoms with Crippen molar-refractivity contribution in [3.63, 3.8) is 0 Å². The fourth-order valence-corrected chi connectivity index (χ4v) is 3.06. The molecule has 3 rings (SSSR count). The molecule has 2 fully saturated rings. The van der Waals surface area contributed by atoms with Gasteiger partial charge in [-0.05, 0) is 55.2 Å². The van der Waals surface area contributed by atoms with Crippen LogP contribution in [0.1, 0.15) is 43.6 Å². The van der Waals surface area contributed by atoms with Gasteiger partial charge < -0.3 is 15.8 Å². The number of rotatable bonds is 5. The summed E-state index contributed by atoms with van der Waals surface area (Å²) in [6.45, 7) is 0.894. The summed E-state index contributed by atoms with van der Waals surface area (Å²) in [5.41, 5.74) is 7.32. The van der Waals surface area contributed by atoms with Gasteiger partial charge in [-0.2, -0.15) is 0 Å². The standard InChI is InChI=1S/C17H25N3O/c1-21-16-7-3-6-13(10-16)14-8-15(9-14)20-17(18)19-11-12-4-2-5-12/h3,6-7,10,12,14-15H,2,4-5,8-9,11H2,1H3,(H3,18,19,20). The van der Waals surface area contributed by atoms with Gasteiger partial charge in [0.25, 0.3) is 0 Å². The zero-order valence-corrected chi connectivity index (χ0v) is 12.7. The van der Waals surface area contributed by atoms with Crippen LogP contribution in [0.3, 0.4) is 0 Å². The van der Waals surface area contributed by atoms with Crippen molar-refractivity contribution in [3.8, 4) is 5.75 Å². The molecule has 2 aliphatic carbocycles. The summed E-state index contributed by atoms with van der Waals surface area (Å²) in [4.78, 5) is 4.46. The normalized spacial score (nSPS) is 25.9. The third kappa shape index (κ3) is 3.49. The van der Waals surface area contributed by atoms with Crippen molar-refractivity contribution in [2.24, 2.45) is 16.6 Å². The van der Waals surface area contributed by atoms with E-state index in [4.69, 9.17) is 10.5 Å². The van der Waals surface area contributed by atoms with Crippen LogP contribution < -0.4 is 15.8 Å². The minimum absolute atomic E-state index is 0.464. The monoisotopic (exact) mass is 287 g/mol. The number of ether oxygens (including phenoxy) is 1. The quantitative estimate of drug-likeness (QED) is 0.646. The van der Waals surface area contributed by atoms with Crippen LogP contribution in [-0.4, -0.2) is 25.7 Å². The first kappa shape index (κ1) is 14.2. The molecule has 2 aliphatic rings. The van der Waals surface area contributed by atoms with Crippen molar-refractivity contribution in [2.45, 2.75) is 44.1 Å². The Labute approximate surface area is 126 Å². The van der Waals surface area contributed by atoms with Crippen LogP contribution in [-0.2, 0) is 0 Å². The van der Waals surface area contributed by atoms with E-state index in [0.717, 1.165) is 31.1 Å². The van der Waals surface area contributed by atoms with E-state index >= 15 is 0 Å². The third-order valence-electron chi connectivity index (χ3n) is 4.80. The summed E-state index contributed by atoms with van der Waals surface area (Å²) in [6.07, 6.45) is 6.23. The number of nitrogens with zero attached hydrogens (tertiary/aromatic N) is 1.